The van der Waals surface area contributed by atoms with E-state index in [4.69, 9.17) is 9.47 Å². The summed E-state index contributed by atoms with van der Waals surface area (Å²) in [6, 6.07) is 5.37. The topological polar surface area (TPSA) is 89.0 Å². The molecule has 0 aromatic heterocycles. The molecule has 1 aromatic rings. The Kier molecular flexibility index (Phi) is 6.89. The lowest BCUT2D eigenvalue weighted by Crippen LogP contribution is -2.38. The van der Waals surface area contributed by atoms with Crippen molar-refractivity contribution < 1.29 is 17.9 Å². The molecule has 0 aliphatic carbocycles. The third-order valence-corrected chi connectivity index (χ3v) is 6.07. The van der Waals surface area contributed by atoms with E-state index < -0.39 is 14.6 Å². The number of ether oxygens (including phenoxy) is 2. The molecule has 0 fully saturated rings. The summed E-state index contributed by atoms with van der Waals surface area (Å²) in [6.45, 7) is 5.35. The van der Waals surface area contributed by atoms with E-state index in [-0.39, 0.29) is 12.3 Å². The third-order valence-electron chi connectivity index (χ3n) is 3.47. The fraction of sp³-hybridized carbons (Fsp3) is 0.562. The summed E-state index contributed by atoms with van der Waals surface area (Å²) in [5, 5.41) is 6.09. The molecule has 8 heteroatoms. The largest absolute Gasteiger partial charge is 0.493 e. The molecule has 0 saturated heterocycles. The molecule has 0 aliphatic heterocycles. The zero-order valence-corrected chi connectivity index (χ0v) is 16.0. The van der Waals surface area contributed by atoms with Gasteiger partial charge in [-0.25, -0.2) is 8.42 Å². The third kappa shape index (κ3) is 5.30. The monoisotopic (exact) mass is 357 g/mol. The van der Waals surface area contributed by atoms with Gasteiger partial charge >= 0.3 is 0 Å². The highest BCUT2D eigenvalue weighted by molar-refractivity contribution is 7.92. The van der Waals surface area contributed by atoms with Crippen LogP contribution in [0.2, 0.25) is 0 Å². The number of anilines is 1. The lowest BCUT2D eigenvalue weighted by Gasteiger charge is -2.20. The van der Waals surface area contributed by atoms with Gasteiger partial charge in [-0.3, -0.25) is 4.99 Å². The summed E-state index contributed by atoms with van der Waals surface area (Å²) in [6.07, 6.45) is 0. The molecule has 0 atom stereocenters. The summed E-state index contributed by atoms with van der Waals surface area (Å²) >= 11 is 0. The van der Waals surface area contributed by atoms with Gasteiger partial charge in [0.1, 0.15) is 0 Å². The molecule has 0 bridgehead atoms. The van der Waals surface area contributed by atoms with Gasteiger partial charge in [-0.05, 0) is 32.9 Å². The SMILES string of the molecule is CN=C(NCCS(=O)(=O)C(C)(C)C)Nc1ccc(OC)c(OC)c1. The number of sulfone groups is 1. The zero-order valence-electron chi connectivity index (χ0n) is 15.1. The number of methoxy groups -OCH3 is 2. The van der Waals surface area contributed by atoms with Crippen LogP contribution in [-0.2, 0) is 9.84 Å². The first-order valence-corrected chi connectivity index (χ1v) is 9.22. The van der Waals surface area contributed by atoms with Crippen molar-refractivity contribution in [2.45, 2.75) is 25.5 Å². The van der Waals surface area contributed by atoms with Crippen LogP contribution < -0.4 is 20.1 Å². The standard InChI is InChI=1S/C16H27N3O4S/c1-16(2,3)24(20,21)10-9-18-15(17-4)19-12-7-8-13(22-5)14(11-12)23-6/h7-8,11H,9-10H2,1-6H3,(H2,17,18,19). The zero-order chi connectivity index (χ0) is 18.4. The molecule has 136 valence electrons. The number of rotatable bonds is 6. The highest BCUT2D eigenvalue weighted by Crippen LogP contribution is 2.29. The van der Waals surface area contributed by atoms with Crippen molar-refractivity contribution in [3.63, 3.8) is 0 Å². The van der Waals surface area contributed by atoms with Gasteiger partial charge in [0.25, 0.3) is 0 Å². The maximum absolute atomic E-state index is 12.1. The minimum absolute atomic E-state index is 0.0309. The first-order chi connectivity index (χ1) is 11.1. The number of guanidine groups is 1. The van der Waals surface area contributed by atoms with Gasteiger partial charge < -0.3 is 20.1 Å². The Hall–Kier alpha value is -1.96. The van der Waals surface area contributed by atoms with Crippen molar-refractivity contribution in [2.75, 3.05) is 38.9 Å². The fourth-order valence-corrected chi connectivity index (χ4v) is 2.82. The lowest BCUT2D eigenvalue weighted by molar-refractivity contribution is 0.355. The average molecular weight is 357 g/mol. The van der Waals surface area contributed by atoms with Gasteiger partial charge in [0.05, 0.1) is 24.7 Å². The van der Waals surface area contributed by atoms with Crippen molar-refractivity contribution in [2.24, 2.45) is 4.99 Å². The predicted molar refractivity (Wildman–Crippen MR) is 98.1 cm³/mol. The second kappa shape index (κ2) is 8.23. The van der Waals surface area contributed by atoms with Crippen molar-refractivity contribution in [3.05, 3.63) is 18.2 Å². The number of hydrogen-bond donors (Lipinski definition) is 2. The van der Waals surface area contributed by atoms with Gasteiger partial charge in [-0.1, -0.05) is 0 Å². The minimum Gasteiger partial charge on any atom is -0.493 e. The normalized spacial score (nSPS) is 12.7. The minimum atomic E-state index is -3.18. The van der Waals surface area contributed by atoms with Crippen LogP contribution in [0.4, 0.5) is 5.69 Å². The second-order valence-corrected chi connectivity index (χ2v) is 8.99. The van der Waals surface area contributed by atoms with Gasteiger partial charge in [-0.2, -0.15) is 0 Å². The Morgan fingerprint density at radius 2 is 1.79 bits per heavy atom. The van der Waals surface area contributed by atoms with Crippen LogP contribution in [0.15, 0.2) is 23.2 Å². The van der Waals surface area contributed by atoms with E-state index in [0.29, 0.717) is 17.5 Å². The molecular formula is C16H27N3O4S. The van der Waals surface area contributed by atoms with Crippen molar-refractivity contribution in [3.8, 4) is 11.5 Å². The highest BCUT2D eigenvalue weighted by atomic mass is 32.2. The first-order valence-electron chi connectivity index (χ1n) is 7.56. The summed E-state index contributed by atoms with van der Waals surface area (Å²) in [5.41, 5.74) is 0.749. The summed E-state index contributed by atoms with van der Waals surface area (Å²) < 4.78 is 33.9. The van der Waals surface area contributed by atoms with Gasteiger partial charge in [0.2, 0.25) is 0 Å². The fourth-order valence-electron chi connectivity index (χ4n) is 1.84. The number of hydrogen-bond acceptors (Lipinski definition) is 5. The molecule has 1 aromatic carbocycles. The molecule has 1 rings (SSSR count). The lowest BCUT2D eigenvalue weighted by atomic mass is 10.3. The molecule has 24 heavy (non-hydrogen) atoms. The Bertz CT molecular complexity index is 679. The van der Waals surface area contributed by atoms with E-state index in [1.54, 1.807) is 54.2 Å². The molecular weight excluding hydrogens is 330 g/mol. The van der Waals surface area contributed by atoms with Crippen LogP contribution in [0.3, 0.4) is 0 Å². The molecule has 0 unspecified atom stereocenters. The second-order valence-electron chi connectivity index (χ2n) is 6.12. The quantitative estimate of drug-likeness (QED) is 0.597. The summed E-state index contributed by atoms with van der Waals surface area (Å²) in [7, 11) is 1.58. The van der Waals surface area contributed by atoms with Gasteiger partial charge in [-0.15, -0.1) is 0 Å². The summed E-state index contributed by atoms with van der Waals surface area (Å²) in [5.74, 6) is 1.73. The first kappa shape index (κ1) is 20.1. The van der Waals surface area contributed by atoms with E-state index in [2.05, 4.69) is 15.6 Å². The molecule has 0 aliphatic rings. The number of nitrogens with one attached hydrogen (secondary N) is 2. The van der Waals surface area contributed by atoms with Crippen molar-refractivity contribution in [1.82, 2.24) is 5.32 Å². The van der Waals surface area contributed by atoms with Crippen molar-refractivity contribution >= 4 is 21.5 Å². The Morgan fingerprint density at radius 1 is 1.17 bits per heavy atom. The van der Waals surface area contributed by atoms with E-state index >= 15 is 0 Å². The van der Waals surface area contributed by atoms with Crippen LogP contribution in [-0.4, -0.2) is 52.7 Å². The molecule has 0 spiro atoms. The van der Waals surface area contributed by atoms with Gasteiger partial charge in [0, 0.05) is 25.3 Å². The Balaban J connectivity index is 2.70. The maximum atomic E-state index is 12.1. The van der Waals surface area contributed by atoms with Crippen LogP contribution in [0, 0.1) is 0 Å². The number of benzene rings is 1. The van der Waals surface area contributed by atoms with E-state index in [0.717, 1.165) is 5.69 Å². The van der Waals surface area contributed by atoms with Crippen LogP contribution >= 0.6 is 0 Å². The van der Waals surface area contributed by atoms with Crippen LogP contribution in [0.1, 0.15) is 20.8 Å². The number of nitrogens with zero attached hydrogens (tertiary/aromatic N) is 1. The average Bonchev–Trinajstić information content (AvgIpc) is 2.52. The number of aliphatic imine (C=N–C) groups is 1. The van der Waals surface area contributed by atoms with E-state index in [9.17, 15) is 8.42 Å². The Labute approximate surface area is 144 Å². The van der Waals surface area contributed by atoms with Crippen LogP contribution in [0.5, 0.6) is 11.5 Å². The molecule has 7 nitrogen and oxygen atoms in total. The molecule has 0 radical (unpaired) electrons. The smallest absolute Gasteiger partial charge is 0.195 e. The molecule has 0 saturated carbocycles. The summed E-state index contributed by atoms with van der Waals surface area (Å²) in [4.78, 5) is 4.09. The van der Waals surface area contributed by atoms with Crippen molar-refractivity contribution in [1.29, 1.82) is 0 Å². The van der Waals surface area contributed by atoms with E-state index in [1.165, 1.54) is 0 Å². The van der Waals surface area contributed by atoms with E-state index in [1.807, 2.05) is 6.07 Å². The molecule has 2 N–H and O–H groups in total. The molecule has 0 amide bonds. The Morgan fingerprint density at radius 3 is 2.29 bits per heavy atom. The van der Waals surface area contributed by atoms with Crippen LogP contribution in [0.25, 0.3) is 0 Å². The maximum Gasteiger partial charge on any atom is 0.195 e. The highest BCUT2D eigenvalue weighted by Gasteiger charge is 2.28. The van der Waals surface area contributed by atoms with Gasteiger partial charge in [0.15, 0.2) is 27.3 Å². The predicted octanol–water partition coefficient (Wildman–Crippen LogP) is 1.90. The molecule has 0 heterocycles.